The number of hydrogen-bond acceptors (Lipinski definition) is 5. The molecule has 0 fully saturated rings. The third-order valence-electron chi connectivity index (χ3n) is 2.89. The summed E-state index contributed by atoms with van der Waals surface area (Å²) in [7, 11) is 1.66. The first-order valence-electron chi connectivity index (χ1n) is 6.26. The van der Waals surface area contributed by atoms with Gasteiger partial charge in [-0.15, -0.1) is 0 Å². The van der Waals surface area contributed by atoms with Gasteiger partial charge in [-0.2, -0.15) is 4.98 Å². The van der Waals surface area contributed by atoms with Crippen molar-refractivity contribution in [3.63, 3.8) is 0 Å². The molecule has 0 saturated carbocycles. The Morgan fingerprint density at radius 3 is 2.47 bits per heavy atom. The Labute approximate surface area is 116 Å². The number of nitrogens with zero attached hydrogens (tertiary/aromatic N) is 2. The van der Waals surface area contributed by atoms with E-state index in [0.717, 1.165) is 6.42 Å². The van der Waals surface area contributed by atoms with Crippen LogP contribution in [0.25, 0.3) is 0 Å². The molecule has 1 heterocycles. The number of hydrogen-bond donors (Lipinski definition) is 2. The predicted octanol–water partition coefficient (Wildman–Crippen LogP) is 0.713. The average Bonchev–Trinajstić information content (AvgIpc) is 2.29. The van der Waals surface area contributed by atoms with E-state index >= 15 is 0 Å². The van der Waals surface area contributed by atoms with E-state index in [1.165, 1.54) is 16.4 Å². The van der Waals surface area contributed by atoms with Crippen LogP contribution < -0.4 is 16.9 Å². The first kappa shape index (κ1) is 16.0. The number of aromatic amines is 1. The van der Waals surface area contributed by atoms with Gasteiger partial charge in [0.05, 0.1) is 0 Å². The zero-order chi connectivity index (χ0) is 14.8. The Morgan fingerprint density at radius 1 is 1.42 bits per heavy atom. The number of nitrogens with one attached hydrogen (secondary N) is 1. The first-order valence-corrected chi connectivity index (χ1v) is 7.14. The van der Waals surface area contributed by atoms with Crippen molar-refractivity contribution in [1.29, 1.82) is 0 Å². The average molecular weight is 286 g/mol. The minimum atomic E-state index is -0.765. The number of thioether (sulfide) groups is 1. The van der Waals surface area contributed by atoms with Crippen LogP contribution in [0.2, 0.25) is 0 Å². The number of rotatable bonds is 4. The maximum absolute atomic E-state index is 11.3. The molecule has 108 valence electrons. The molecule has 0 aromatic carbocycles. The molecule has 0 aliphatic rings. The third kappa shape index (κ3) is 3.94. The normalized spacial score (nSPS) is 15.3. The lowest BCUT2D eigenvalue weighted by Gasteiger charge is -2.34. The lowest BCUT2D eigenvalue weighted by Crippen LogP contribution is -2.42. The Morgan fingerprint density at radius 2 is 2.00 bits per heavy atom. The molecule has 0 aliphatic carbocycles. The molecular formula is C12H22N4O2S. The molecule has 19 heavy (non-hydrogen) atoms. The molecule has 0 aliphatic heterocycles. The summed E-state index contributed by atoms with van der Waals surface area (Å²) in [5.41, 5.74) is 4.65. The lowest BCUT2D eigenvalue weighted by molar-refractivity contribution is 0.349. The molecule has 0 amide bonds. The molecule has 1 rings (SSSR count). The minimum Gasteiger partial charge on any atom is -0.327 e. The van der Waals surface area contributed by atoms with Gasteiger partial charge in [-0.25, -0.2) is 0 Å². The van der Waals surface area contributed by atoms with Crippen molar-refractivity contribution < 1.29 is 0 Å². The molecule has 0 saturated heterocycles. The van der Waals surface area contributed by atoms with Crippen molar-refractivity contribution in [3.8, 4) is 0 Å². The fourth-order valence-electron chi connectivity index (χ4n) is 1.80. The number of aromatic nitrogens is 3. The van der Waals surface area contributed by atoms with Crippen LogP contribution in [0.5, 0.6) is 0 Å². The molecular weight excluding hydrogens is 264 g/mol. The van der Waals surface area contributed by atoms with Crippen molar-refractivity contribution in [2.45, 2.75) is 50.6 Å². The van der Waals surface area contributed by atoms with Crippen molar-refractivity contribution in [1.82, 2.24) is 14.8 Å². The molecule has 2 atom stereocenters. The summed E-state index contributed by atoms with van der Waals surface area (Å²) in [6.07, 6.45) is 0.840. The highest BCUT2D eigenvalue weighted by atomic mass is 32.2. The van der Waals surface area contributed by atoms with Gasteiger partial charge in [-0.05, 0) is 11.8 Å². The summed E-state index contributed by atoms with van der Waals surface area (Å²) in [6, 6.07) is -0.00571. The molecule has 3 N–H and O–H groups in total. The standard InChI is InChI=1S/C12H22N4O2S/c1-6-7(13)8(12(2,3)4)19-11-14-9(17)10(18)15-16(11)5/h7-8H,6,13H2,1-5H3,(H,15,18). The van der Waals surface area contributed by atoms with Crippen LogP contribution in [0, 0.1) is 5.41 Å². The summed E-state index contributed by atoms with van der Waals surface area (Å²) in [6.45, 7) is 8.33. The van der Waals surface area contributed by atoms with E-state index in [4.69, 9.17) is 5.73 Å². The predicted molar refractivity (Wildman–Crippen MR) is 77.5 cm³/mol. The van der Waals surface area contributed by atoms with Gasteiger partial charge in [0.2, 0.25) is 0 Å². The van der Waals surface area contributed by atoms with Crippen LogP contribution in [0.1, 0.15) is 34.1 Å². The van der Waals surface area contributed by atoms with Gasteiger partial charge in [0.25, 0.3) is 0 Å². The monoisotopic (exact) mass is 286 g/mol. The largest absolute Gasteiger partial charge is 0.339 e. The maximum Gasteiger partial charge on any atom is 0.339 e. The summed E-state index contributed by atoms with van der Waals surface area (Å²) in [5.74, 6) is 0. The smallest absolute Gasteiger partial charge is 0.327 e. The van der Waals surface area contributed by atoms with E-state index in [0.29, 0.717) is 5.16 Å². The van der Waals surface area contributed by atoms with Crippen LogP contribution in [-0.2, 0) is 7.05 Å². The second-order valence-corrected chi connectivity index (χ2v) is 6.78. The molecule has 0 radical (unpaired) electrons. The van der Waals surface area contributed by atoms with Crippen LogP contribution in [0.15, 0.2) is 14.7 Å². The number of aryl methyl sites for hydroxylation is 1. The highest BCUT2D eigenvalue weighted by molar-refractivity contribution is 7.99. The van der Waals surface area contributed by atoms with E-state index < -0.39 is 11.1 Å². The van der Waals surface area contributed by atoms with Crippen LogP contribution in [0.3, 0.4) is 0 Å². The molecule has 7 heteroatoms. The summed E-state index contributed by atoms with van der Waals surface area (Å²) >= 11 is 1.43. The highest BCUT2D eigenvalue weighted by Gasteiger charge is 2.31. The Balaban J connectivity index is 3.14. The van der Waals surface area contributed by atoms with Crippen molar-refractivity contribution in [3.05, 3.63) is 20.7 Å². The molecule has 6 nitrogen and oxygen atoms in total. The molecule has 1 aromatic rings. The topological polar surface area (TPSA) is 93.8 Å². The van der Waals surface area contributed by atoms with E-state index in [-0.39, 0.29) is 16.7 Å². The fourth-order valence-corrected chi connectivity index (χ4v) is 3.09. The fraction of sp³-hybridized carbons (Fsp3) is 0.750. The maximum atomic E-state index is 11.3. The van der Waals surface area contributed by atoms with E-state index in [2.05, 4.69) is 30.9 Å². The van der Waals surface area contributed by atoms with Crippen molar-refractivity contribution in [2.24, 2.45) is 18.2 Å². The zero-order valence-electron chi connectivity index (χ0n) is 12.1. The zero-order valence-corrected chi connectivity index (χ0v) is 12.9. The molecule has 0 bridgehead atoms. The van der Waals surface area contributed by atoms with Gasteiger partial charge in [0.15, 0.2) is 5.16 Å². The lowest BCUT2D eigenvalue weighted by atomic mass is 9.87. The van der Waals surface area contributed by atoms with Gasteiger partial charge in [-0.3, -0.25) is 19.4 Å². The van der Waals surface area contributed by atoms with Crippen molar-refractivity contribution >= 4 is 11.8 Å². The van der Waals surface area contributed by atoms with E-state index in [1.54, 1.807) is 7.05 Å². The number of nitrogens with two attached hydrogens (primary N) is 1. The first-order chi connectivity index (χ1) is 8.66. The van der Waals surface area contributed by atoms with Gasteiger partial charge in [-0.1, -0.05) is 39.5 Å². The van der Waals surface area contributed by atoms with Crippen LogP contribution >= 0.6 is 11.8 Å². The summed E-state index contributed by atoms with van der Waals surface area (Å²) in [5, 5.41) is 3.02. The van der Waals surface area contributed by atoms with E-state index in [9.17, 15) is 9.59 Å². The summed E-state index contributed by atoms with van der Waals surface area (Å²) < 4.78 is 1.47. The van der Waals surface area contributed by atoms with Gasteiger partial charge in [0.1, 0.15) is 0 Å². The highest BCUT2D eigenvalue weighted by Crippen LogP contribution is 2.36. The third-order valence-corrected chi connectivity index (χ3v) is 4.78. The Kier molecular flexibility index (Phi) is 4.98. The van der Waals surface area contributed by atoms with E-state index in [1.807, 2.05) is 6.92 Å². The molecule has 2 unspecified atom stereocenters. The minimum absolute atomic E-state index is 0.00571. The second-order valence-electron chi connectivity index (χ2n) is 5.68. The van der Waals surface area contributed by atoms with Crippen LogP contribution in [-0.4, -0.2) is 26.1 Å². The Hall–Kier alpha value is -1.08. The van der Waals surface area contributed by atoms with Crippen LogP contribution in [0.4, 0.5) is 0 Å². The quantitative estimate of drug-likeness (QED) is 0.628. The van der Waals surface area contributed by atoms with Crippen molar-refractivity contribution in [2.75, 3.05) is 0 Å². The van der Waals surface area contributed by atoms with Gasteiger partial charge >= 0.3 is 11.1 Å². The Bertz CT molecular complexity index is 544. The van der Waals surface area contributed by atoms with Gasteiger partial charge in [0, 0.05) is 18.3 Å². The summed E-state index contributed by atoms with van der Waals surface area (Å²) in [4.78, 5) is 26.3. The second kappa shape index (κ2) is 5.92. The van der Waals surface area contributed by atoms with Gasteiger partial charge < -0.3 is 5.73 Å². The number of H-pyrrole nitrogens is 1. The molecule has 1 aromatic heterocycles. The SMILES string of the molecule is CCC(N)C(Sc1nc(=O)c(=O)[nH]n1C)C(C)(C)C. The molecule has 0 spiro atoms.